The molecule has 0 radical (unpaired) electrons. The summed E-state index contributed by atoms with van der Waals surface area (Å²) >= 11 is 0. The van der Waals surface area contributed by atoms with E-state index >= 15 is 0 Å². The lowest BCUT2D eigenvalue weighted by atomic mass is 9.82. The highest BCUT2D eigenvalue weighted by Crippen LogP contribution is 2.38. The Bertz CT molecular complexity index is 1870. The standard InChI is InChI=1S/C39H65NO14.C12H22O12/c1-10-14-29(44)52-37-25(5)50-31(21-39(37,6)47)53-34-24(4)51-38(33(46)32(34)40(7)8)54-35-26(17-18-41)19-22(2)27(42)16-13-11-12-15-23(3)49-30(45)20-28(43)36(35)48-9;13-1-3(15)10(7(18)8(19)11(21)22)24-12-9(20)6(17)5(16)4(2-14)23-12/h11-13,16,18,22-28,31-38,42-43,46-47H,10,14-15,17,19-21H2,1-9H3;3-10,12-20H,1-2H2,(H,21,22)/b12-11+,16-13+;/t22-,23-,24-,25+,26+,27+,28-,31+,32-,33-,34-,35+,36+,37+,38?,39-;3-,4-,5+,6+,7-,8-,9-,10-,12+/m11/s1. The zero-order chi connectivity index (χ0) is 58.9. The summed E-state index contributed by atoms with van der Waals surface area (Å²) in [5, 5.41) is 130. The van der Waals surface area contributed by atoms with Crippen molar-refractivity contribution in [1.29, 1.82) is 0 Å². The molecule has 0 spiro atoms. The maximum absolute atomic E-state index is 12.9. The van der Waals surface area contributed by atoms with Gasteiger partial charge in [0.2, 0.25) is 0 Å². The zero-order valence-electron chi connectivity index (χ0n) is 45.7. The SMILES string of the molecule is CCCC(=O)O[C@H]1[C@H](C)O[C@@H](O[C@H]2[C@H](N(C)C)[C@@H](O)C(O[C@H]3[C@@H](CC=O)C[C@@H](C)[C@@H](O)/C=C/C=C/C[C@@H](C)OC(=O)C[C@@H](O)[C@@H]3OC)O[C@@H]2C)C[C@@]1(C)O.O=C(O)[C@H](O)[C@@H](O)[C@H](O[C@@H]1O[C@H](CO)[C@H](O)[C@H](O)[C@H]1O)[C@H](O)CO. The summed E-state index contributed by atoms with van der Waals surface area (Å²) in [5.41, 5.74) is -1.47. The van der Waals surface area contributed by atoms with Crippen LogP contribution in [0.5, 0.6) is 0 Å². The molecule has 0 aromatic heterocycles. The van der Waals surface area contributed by atoms with Crippen LogP contribution < -0.4 is 0 Å². The van der Waals surface area contributed by atoms with Crippen LogP contribution in [0, 0.1) is 11.8 Å². The third kappa shape index (κ3) is 19.2. The monoisotopic (exact) mass is 1130 g/mol. The fourth-order valence-corrected chi connectivity index (χ4v) is 9.82. The Hall–Kier alpha value is -3.24. The van der Waals surface area contributed by atoms with E-state index in [2.05, 4.69) is 0 Å². The molecule has 78 heavy (non-hydrogen) atoms. The number of nitrogens with zero attached hydrogens (tertiary/aromatic N) is 1. The molecule has 4 aliphatic rings. The molecular formula is C51H87NO26. The lowest BCUT2D eigenvalue weighted by molar-refractivity contribution is -0.344. The number of aldehydes is 1. The number of carbonyl (C=O) groups excluding carboxylic acids is 3. The Labute approximate surface area is 453 Å². The first-order valence-corrected chi connectivity index (χ1v) is 26.2. The maximum Gasteiger partial charge on any atom is 0.335 e. The number of carbonyl (C=O) groups is 4. The van der Waals surface area contributed by atoms with Gasteiger partial charge in [-0.3, -0.25) is 9.59 Å². The van der Waals surface area contributed by atoms with Crippen molar-refractivity contribution in [3.05, 3.63) is 24.3 Å². The first-order valence-electron chi connectivity index (χ1n) is 26.2. The molecule has 1 unspecified atom stereocenters. The van der Waals surface area contributed by atoms with Crippen LogP contribution >= 0.6 is 0 Å². The maximum atomic E-state index is 12.9. The molecule has 27 heteroatoms. The smallest absolute Gasteiger partial charge is 0.335 e. The molecule has 0 saturated carbocycles. The summed E-state index contributed by atoms with van der Waals surface area (Å²) in [6.45, 7) is 8.65. The molecule has 0 aliphatic carbocycles. The van der Waals surface area contributed by atoms with E-state index in [1.807, 2.05) is 19.9 Å². The van der Waals surface area contributed by atoms with Crippen LogP contribution in [0.15, 0.2) is 24.3 Å². The number of cyclic esters (lactones) is 1. The average molecular weight is 1130 g/mol. The third-order valence-electron chi connectivity index (χ3n) is 14.1. The predicted molar refractivity (Wildman–Crippen MR) is 267 cm³/mol. The summed E-state index contributed by atoms with van der Waals surface area (Å²) in [6, 6.07) is -0.750. The van der Waals surface area contributed by atoms with E-state index in [1.165, 1.54) is 7.11 Å². The van der Waals surface area contributed by atoms with Gasteiger partial charge in [-0.15, -0.1) is 0 Å². The highest BCUT2D eigenvalue weighted by atomic mass is 16.7. The normalized spacial score (nSPS) is 40.7. The highest BCUT2D eigenvalue weighted by Gasteiger charge is 2.53. The van der Waals surface area contributed by atoms with E-state index in [4.69, 9.17) is 58.0 Å². The Morgan fingerprint density at radius 3 is 2.12 bits per heavy atom. The lowest BCUT2D eigenvalue weighted by Gasteiger charge is -2.50. The Balaban J connectivity index is 0.000000556. The molecular weight excluding hydrogens is 1040 g/mol. The summed E-state index contributed by atoms with van der Waals surface area (Å²) < 4.78 is 52.2. The number of aliphatic hydroxyl groups excluding tert-OH is 11. The van der Waals surface area contributed by atoms with Gasteiger partial charge in [-0.2, -0.15) is 0 Å². The lowest BCUT2D eigenvalue weighted by Crippen LogP contribution is -2.66. The minimum atomic E-state index is -2.39. The molecule has 3 saturated heterocycles. The Morgan fingerprint density at radius 1 is 0.885 bits per heavy atom. The minimum Gasteiger partial charge on any atom is -0.479 e. The van der Waals surface area contributed by atoms with Gasteiger partial charge in [0.15, 0.2) is 31.1 Å². The molecule has 452 valence electrons. The number of ether oxygens (including phenoxy) is 9. The van der Waals surface area contributed by atoms with Gasteiger partial charge in [0.1, 0.15) is 79.0 Å². The van der Waals surface area contributed by atoms with Crippen molar-refractivity contribution in [3.8, 4) is 0 Å². The predicted octanol–water partition coefficient (Wildman–Crippen LogP) is -3.47. The number of esters is 2. The minimum absolute atomic E-state index is 0.0274. The second-order valence-electron chi connectivity index (χ2n) is 20.9. The fourth-order valence-electron chi connectivity index (χ4n) is 9.82. The van der Waals surface area contributed by atoms with E-state index in [0.29, 0.717) is 12.8 Å². The van der Waals surface area contributed by atoms with Gasteiger partial charge in [0, 0.05) is 32.8 Å². The Morgan fingerprint density at radius 2 is 1.55 bits per heavy atom. The second-order valence-corrected chi connectivity index (χ2v) is 20.9. The molecule has 0 bridgehead atoms. The van der Waals surface area contributed by atoms with Gasteiger partial charge in [-0.25, -0.2) is 4.79 Å². The number of rotatable bonds is 19. The van der Waals surface area contributed by atoms with Gasteiger partial charge in [-0.05, 0) is 66.5 Å². The van der Waals surface area contributed by atoms with Gasteiger partial charge in [0.25, 0.3) is 0 Å². The summed E-state index contributed by atoms with van der Waals surface area (Å²) in [5.74, 6) is -3.95. The number of carboxylic acids is 1. The van der Waals surface area contributed by atoms with Crippen LogP contribution in [-0.4, -0.2) is 270 Å². The molecule has 13 N–H and O–H groups in total. The van der Waals surface area contributed by atoms with Crippen molar-refractivity contribution in [3.63, 3.8) is 0 Å². The number of hydrogen-bond acceptors (Lipinski definition) is 26. The van der Waals surface area contributed by atoms with Crippen LogP contribution in [0.25, 0.3) is 0 Å². The first-order chi connectivity index (χ1) is 36.6. The molecule has 0 amide bonds. The molecule has 4 heterocycles. The Kier molecular flexibility index (Phi) is 28.7. The van der Waals surface area contributed by atoms with Crippen LogP contribution in [0.1, 0.15) is 86.5 Å². The van der Waals surface area contributed by atoms with Crippen molar-refractivity contribution in [2.45, 2.75) is 227 Å². The largest absolute Gasteiger partial charge is 0.479 e. The topological polar surface area (TPSA) is 418 Å². The van der Waals surface area contributed by atoms with Crippen LogP contribution in [0.3, 0.4) is 0 Å². The number of methoxy groups -OCH3 is 1. The number of aliphatic hydroxyl groups is 12. The van der Waals surface area contributed by atoms with Crippen LogP contribution in [0.2, 0.25) is 0 Å². The second kappa shape index (κ2) is 32.4. The number of carboxylic acid groups (broad SMARTS) is 1. The van der Waals surface area contributed by atoms with Gasteiger partial charge >= 0.3 is 17.9 Å². The van der Waals surface area contributed by atoms with Crippen LogP contribution in [0.4, 0.5) is 0 Å². The van der Waals surface area contributed by atoms with Crippen molar-refractivity contribution in [2.75, 3.05) is 34.4 Å². The molecule has 0 aromatic carbocycles. The molecule has 4 aliphatic heterocycles. The number of likely N-dealkylation sites (N-methyl/N-ethyl adjacent to an activating group) is 1. The molecule has 27 nitrogen and oxygen atoms in total. The zero-order valence-corrected chi connectivity index (χ0v) is 45.7. The first kappa shape index (κ1) is 69.0. The van der Waals surface area contributed by atoms with E-state index in [-0.39, 0.29) is 31.6 Å². The number of hydrogen-bond donors (Lipinski definition) is 13. The summed E-state index contributed by atoms with van der Waals surface area (Å²) in [6.07, 6.45) is -20.2. The fraction of sp³-hybridized carbons (Fsp3) is 0.843. The summed E-state index contributed by atoms with van der Waals surface area (Å²) in [4.78, 5) is 49.7. The molecule has 4 rings (SSSR count). The number of aliphatic carboxylic acids is 1. The van der Waals surface area contributed by atoms with E-state index in [0.717, 1.165) is 6.29 Å². The van der Waals surface area contributed by atoms with Crippen molar-refractivity contribution < 1.29 is 128 Å². The molecule has 0 aromatic rings. The molecule has 3 fully saturated rings. The van der Waals surface area contributed by atoms with Crippen LogP contribution in [-0.2, 0) is 61.8 Å². The van der Waals surface area contributed by atoms with Gasteiger partial charge in [-0.1, -0.05) is 38.2 Å². The van der Waals surface area contributed by atoms with Gasteiger partial charge in [0.05, 0.1) is 56.2 Å². The quantitative estimate of drug-likeness (QED) is 0.0441. The molecule has 25 atom stereocenters. The number of allylic oxidation sites excluding steroid dienone is 2. The third-order valence-corrected chi connectivity index (χ3v) is 14.1. The summed E-state index contributed by atoms with van der Waals surface area (Å²) in [7, 11) is 4.86. The van der Waals surface area contributed by atoms with E-state index < -0.39 is 184 Å². The van der Waals surface area contributed by atoms with E-state index in [1.54, 1.807) is 64.9 Å². The van der Waals surface area contributed by atoms with Gasteiger partial charge < -0.3 is 119 Å². The van der Waals surface area contributed by atoms with E-state index in [9.17, 15) is 70.2 Å². The highest BCUT2D eigenvalue weighted by molar-refractivity contribution is 5.72. The van der Waals surface area contributed by atoms with Crippen molar-refractivity contribution in [1.82, 2.24) is 4.90 Å². The average Bonchev–Trinajstić information content (AvgIpc) is 3.40. The van der Waals surface area contributed by atoms with Crippen molar-refractivity contribution >= 4 is 24.2 Å². The van der Waals surface area contributed by atoms with Crippen molar-refractivity contribution in [2.24, 2.45) is 11.8 Å².